The molecule has 7 heteroatoms. The van der Waals surface area contributed by atoms with Crippen molar-refractivity contribution < 1.29 is 23.1 Å². The highest BCUT2D eigenvalue weighted by atomic mass is 19.3. The standard InChI is InChI=1S/C17H23F3N2O2/c1-11(16(23)12-2-4-14(18)5-3-12)21-17(24)13-6-8-22(9-7-13)10-15(19)20/h2-5,11,13,15-16,23H,6-10H2,1H3,(H,21,24). The number of hydrogen-bond donors (Lipinski definition) is 2. The fourth-order valence-electron chi connectivity index (χ4n) is 2.94. The van der Waals surface area contributed by atoms with Crippen LogP contribution in [0.5, 0.6) is 0 Å². The van der Waals surface area contributed by atoms with Crippen LogP contribution in [-0.4, -0.2) is 48.0 Å². The molecule has 2 unspecified atom stereocenters. The van der Waals surface area contributed by atoms with E-state index in [2.05, 4.69) is 5.32 Å². The molecule has 0 aliphatic carbocycles. The van der Waals surface area contributed by atoms with E-state index in [1.165, 1.54) is 24.3 Å². The van der Waals surface area contributed by atoms with E-state index in [9.17, 15) is 23.1 Å². The molecule has 2 rings (SSSR count). The summed E-state index contributed by atoms with van der Waals surface area (Å²) in [6, 6.07) is 4.94. The predicted octanol–water partition coefficient (Wildman–Crippen LogP) is 2.34. The van der Waals surface area contributed by atoms with E-state index >= 15 is 0 Å². The van der Waals surface area contributed by atoms with Gasteiger partial charge in [0.2, 0.25) is 5.91 Å². The zero-order chi connectivity index (χ0) is 17.7. The maximum Gasteiger partial charge on any atom is 0.251 e. The lowest BCUT2D eigenvalue weighted by molar-refractivity contribution is -0.128. The quantitative estimate of drug-likeness (QED) is 0.833. The Labute approximate surface area is 139 Å². The maximum absolute atomic E-state index is 12.9. The van der Waals surface area contributed by atoms with Crippen LogP contribution < -0.4 is 5.32 Å². The number of nitrogens with zero attached hydrogens (tertiary/aromatic N) is 1. The molecule has 1 heterocycles. The summed E-state index contributed by atoms with van der Waals surface area (Å²) in [6.45, 7) is 2.36. The van der Waals surface area contributed by atoms with Crippen molar-refractivity contribution in [2.75, 3.05) is 19.6 Å². The van der Waals surface area contributed by atoms with Gasteiger partial charge >= 0.3 is 0 Å². The van der Waals surface area contributed by atoms with Crippen LogP contribution in [0, 0.1) is 11.7 Å². The third-order valence-electron chi connectivity index (χ3n) is 4.41. The normalized spacial score (nSPS) is 19.2. The number of piperidine rings is 1. The monoisotopic (exact) mass is 344 g/mol. The summed E-state index contributed by atoms with van der Waals surface area (Å²) in [5.41, 5.74) is 0.524. The first-order valence-corrected chi connectivity index (χ1v) is 8.11. The molecule has 0 saturated carbocycles. The number of carbonyl (C=O) groups is 1. The number of aliphatic hydroxyl groups is 1. The van der Waals surface area contributed by atoms with E-state index in [-0.39, 0.29) is 18.4 Å². The second-order valence-corrected chi connectivity index (χ2v) is 6.26. The van der Waals surface area contributed by atoms with Gasteiger partial charge in [0.1, 0.15) is 5.82 Å². The molecular weight excluding hydrogens is 321 g/mol. The Morgan fingerprint density at radius 1 is 1.29 bits per heavy atom. The van der Waals surface area contributed by atoms with Gasteiger partial charge in [0, 0.05) is 5.92 Å². The Bertz CT molecular complexity index is 531. The van der Waals surface area contributed by atoms with E-state index in [1.54, 1.807) is 11.8 Å². The molecule has 1 aromatic carbocycles. The van der Waals surface area contributed by atoms with E-state index in [4.69, 9.17) is 0 Å². The molecule has 1 aromatic rings. The Morgan fingerprint density at radius 3 is 2.42 bits per heavy atom. The summed E-state index contributed by atoms with van der Waals surface area (Å²) in [6.07, 6.45) is -2.25. The highest BCUT2D eigenvalue weighted by Gasteiger charge is 2.28. The van der Waals surface area contributed by atoms with Crippen LogP contribution in [0.3, 0.4) is 0 Å². The average molecular weight is 344 g/mol. The SMILES string of the molecule is CC(NC(=O)C1CCN(CC(F)F)CC1)C(O)c1ccc(F)cc1. The number of nitrogens with one attached hydrogen (secondary N) is 1. The Morgan fingerprint density at radius 2 is 1.88 bits per heavy atom. The van der Waals surface area contributed by atoms with Crippen LogP contribution in [-0.2, 0) is 4.79 Å². The first-order valence-electron chi connectivity index (χ1n) is 8.11. The zero-order valence-electron chi connectivity index (χ0n) is 13.6. The van der Waals surface area contributed by atoms with Crippen LogP contribution in [0.4, 0.5) is 13.2 Å². The molecule has 24 heavy (non-hydrogen) atoms. The van der Waals surface area contributed by atoms with Crippen molar-refractivity contribution in [1.29, 1.82) is 0 Å². The maximum atomic E-state index is 12.9. The van der Waals surface area contributed by atoms with Gasteiger partial charge in [0.25, 0.3) is 6.43 Å². The molecule has 0 aromatic heterocycles. The van der Waals surface area contributed by atoms with Crippen LogP contribution in [0.2, 0.25) is 0 Å². The lowest BCUT2D eigenvalue weighted by atomic mass is 9.95. The molecule has 134 valence electrons. The lowest BCUT2D eigenvalue weighted by Gasteiger charge is -2.32. The highest BCUT2D eigenvalue weighted by molar-refractivity contribution is 5.79. The highest BCUT2D eigenvalue weighted by Crippen LogP contribution is 2.21. The summed E-state index contributed by atoms with van der Waals surface area (Å²) >= 11 is 0. The van der Waals surface area contributed by atoms with E-state index < -0.39 is 24.4 Å². The van der Waals surface area contributed by atoms with Gasteiger partial charge in [0.15, 0.2) is 0 Å². The smallest absolute Gasteiger partial charge is 0.251 e. The number of carbonyl (C=O) groups excluding carboxylic acids is 1. The van der Waals surface area contributed by atoms with Crippen molar-refractivity contribution in [2.45, 2.75) is 38.3 Å². The lowest BCUT2D eigenvalue weighted by Crippen LogP contribution is -2.45. The molecule has 1 saturated heterocycles. The fourth-order valence-corrected chi connectivity index (χ4v) is 2.94. The molecule has 2 atom stereocenters. The van der Waals surface area contributed by atoms with E-state index in [0.29, 0.717) is 31.5 Å². The van der Waals surface area contributed by atoms with Crippen LogP contribution in [0.25, 0.3) is 0 Å². The largest absolute Gasteiger partial charge is 0.386 e. The molecule has 1 amide bonds. The molecule has 1 aliphatic heterocycles. The number of halogens is 3. The molecule has 0 spiro atoms. The number of likely N-dealkylation sites (tertiary alicyclic amines) is 1. The van der Waals surface area contributed by atoms with Crippen molar-refractivity contribution in [3.8, 4) is 0 Å². The van der Waals surface area contributed by atoms with Crippen molar-refractivity contribution in [3.63, 3.8) is 0 Å². The van der Waals surface area contributed by atoms with Gasteiger partial charge in [-0.3, -0.25) is 9.69 Å². The van der Waals surface area contributed by atoms with E-state index in [0.717, 1.165) is 0 Å². The van der Waals surface area contributed by atoms with Gasteiger partial charge in [-0.25, -0.2) is 13.2 Å². The van der Waals surface area contributed by atoms with Gasteiger partial charge in [-0.05, 0) is 50.6 Å². The molecule has 2 N–H and O–H groups in total. The van der Waals surface area contributed by atoms with E-state index in [1.807, 2.05) is 0 Å². The van der Waals surface area contributed by atoms with Gasteiger partial charge in [-0.2, -0.15) is 0 Å². The molecule has 1 aliphatic rings. The second kappa shape index (κ2) is 8.48. The number of alkyl halides is 2. The number of amides is 1. The van der Waals surface area contributed by atoms with Gasteiger partial charge in [-0.15, -0.1) is 0 Å². The van der Waals surface area contributed by atoms with Crippen molar-refractivity contribution >= 4 is 5.91 Å². The third-order valence-corrected chi connectivity index (χ3v) is 4.41. The number of hydrogen-bond acceptors (Lipinski definition) is 3. The average Bonchev–Trinajstić information content (AvgIpc) is 2.55. The van der Waals surface area contributed by atoms with Crippen molar-refractivity contribution in [2.24, 2.45) is 5.92 Å². The second-order valence-electron chi connectivity index (χ2n) is 6.26. The number of aliphatic hydroxyl groups excluding tert-OH is 1. The molecule has 1 fully saturated rings. The van der Waals surface area contributed by atoms with Gasteiger partial charge < -0.3 is 10.4 Å². The third kappa shape index (κ3) is 5.21. The van der Waals surface area contributed by atoms with Crippen LogP contribution in [0.15, 0.2) is 24.3 Å². The topological polar surface area (TPSA) is 52.6 Å². The van der Waals surface area contributed by atoms with Crippen molar-refractivity contribution in [3.05, 3.63) is 35.6 Å². The minimum Gasteiger partial charge on any atom is -0.386 e. The minimum atomic E-state index is -2.36. The summed E-state index contributed by atoms with van der Waals surface area (Å²) in [4.78, 5) is 13.9. The fraction of sp³-hybridized carbons (Fsp3) is 0.588. The first kappa shape index (κ1) is 18.7. The van der Waals surface area contributed by atoms with Crippen LogP contribution >= 0.6 is 0 Å². The predicted molar refractivity (Wildman–Crippen MR) is 84.1 cm³/mol. The summed E-state index contributed by atoms with van der Waals surface area (Å²) in [5, 5.41) is 13.0. The molecule has 0 radical (unpaired) electrons. The van der Waals surface area contributed by atoms with Gasteiger partial charge in [-0.1, -0.05) is 12.1 Å². The van der Waals surface area contributed by atoms with Gasteiger partial charge in [0.05, 0.1) is 18.7 Å². The Hall–Kier alpha value is -1.60. The van der Waals surface area contributed by atoms with Crippen molar-refractivity contribution in [1.82, 2.24) is 10.2 Å². The van der Waals surface area contributed by atoms with Crippen LogP contribution in [0.1, 0.15) is 31.4 Å². The first-order chi connectivity index (χ1) is 11.4. The molecule has 0 bridgehead atoms. The molecular formula is C17H23F3N2O2. The summed E-state index contributed by atoms with van der Waals surface area (Å²) < 4.78 is 37.6. The summed E-state index contributed by atoms with van der Waals surface area (Å²) in [7, 11) is 0. The molecule has 4 nitrogen and oxygen atoms in total. The zero-order valence-corrected chi connectivity index (χ0v) is 13.6. The number of rotatable bonds is 6. The summed E-state index contributed by atoms with van der Waals surface area (Å²) in [5.74, 6) is -0.805. The Balaban J connectivity index is 1.82. The number of benzene rings is 1. The Kier molecular flexibility index (Phi) is 6.62. The minimum absolute atomic E-state index is 0.180.